The van der Waals surface area contributed by atoms with Gasteiger partial charge in [-0.05, 0) is 37.3 Å². The van der Waals surface area contributed by atoms with Gasteiger partial charge in [0.1, 0.15) is 97.4 Å². The summed E-state index contributed by atoms with van der Waals surface area (Å²) in [6.07, 6.45) is -18.1. The lowest BCUT2D eigenvalue weighted by atomic mass is 9.94. The lowest BCUT2D eigenvalue weighted by molar-refractivity contribution is -0.315. The molecule has 30 heteroatoms. The smallest absolute Gasteiger partial charge is 0.217 e. The summed E-state index contributed by atoms with van der Waals surface area (Å²) < 4.78 is 35.2. The summed E-state index contributed by atoms with van der Waals surface area (Å²) >= 11 is 10.9. The van der Waals surface area contributed by atoms with Crippen molar-refractivity contribution < 1.29 is 98.7 Å². The summed E-state index contributed by atoms with van der Waals surface area (Å²) in [5, 5.41) is 127. The first kappa shape index (κ1) is 61.2. The lowest BCUT2D eigenvalue weighted by Crippen LogP contribution is -2.71. The van der Waals surface area contributed by atoms with Crippen LogP contribution in [0.5, 0.6) is 0 Å². The summed E-state index contributed by atoms with van der Waals surface area (Å²) in [5.74, 6) is -2.30. The molecule has 4 heterocycles. The monoisotopic (exact) mass is 1070 g/mol. The molecular formula is C42H74N8O20S2. The third-order valence-electron chi connectivity index (χ3n) is 12.3. The van der Waals surface area contributed by atoms with Crippen molar-refractivity contribution in [2.75, 3.05) is 39.5 Å². The van der Waals surface area contributed by atoms with E-state index >= 15 is 0 Å². The van der Waals surface area contributed by atoms with Gasteiger partial charge >= 0.3 is 0 Å². The van der Waals surface area contributed by atoms with Crippen molar-refractivity contribution in [2.24, 2.45) is 0 Å². The molecule has 18 N–H and O–H groups in total. The molecule has 0 saturated carbocycles. The zero-order valence-electron chi connectivity index (χ0n) is 40.4. The molecule has 4 rings (SSSR count). The van der Waals surface area contributed by atoms with E-state index < -0.39 is 173 Å². The molecule has 4 amide bonds. The average molecular weight is 1080 g/mol. The van der Waals surface area contributed by atoms with E-state index in [4.69, 9.17) is 52.9 Å². The number of ether oxygens (including phenoxy) is 6. The lowest BCUT2D eigenvalue weighted by Gasteiger charge is -2.48. The van der Waals surface area contributed by atoms with E-state index in [0.717, 1.165) is 52.4 Å². The number of thiocarbonyl (C=S) groups is 2. The maximum atomic E-state index is 12.2. The Hall–Kier alpha value is -3.38. The highest BCUT2D eigenvalue weighted by atomic mass is 32.1. The predicted octanol–water partition coefficient (Wildman–Crippen LogP) is -7.92. The SMILES string of the molecule is CC(=O)N[C@@H]1[C@@H](O)[C@H](O[C@@H]2O[C@H](CO)[C@H](O)[C@H](O)[C@H]2NC(C)=O)[C@@H](CO)O[C@H]1NC(=S)NCCCCCCCCNC(=S)N[C@@H]1O[C@H](CO)[C@@H](O[C@@H]2O[C@H](CO)[C@H](O)[C@H](O)[C@H]2NC(C)=O)[C@H](O)[C@H]1NC(C)=O. The van der Waals surface area contributed by atoms with Crippen LogP contribution in [0.4, 0.5) is 0 Å². The van der Waals surface area contributed by atoms with Crippen molar-refractivity contribution >= 4 is 58.3 Å². The minimum Gasteiger partial charge on any atom is -0.394 e. The van der Waals surface area contributed by atoms with Crippen LogP contribution >= 0.6 is 24.4 Å². The largest absolute Gasteiger partial charge is 0.394 e. The van der Waals surface area contributed by atoms with Gasteiger partial charge in [0.2, 0.25) is 23.6 Å². The fourth-order valence-corrected chi connectivity index (χ4v) is 9.22. The summed E-state index contributed by atoms with van der Waals surface area (Å²) in [5.41, 5.74) is 0. The molecule has 4 saturated heterocycles. The molecule has 4 fully saturated rings. The quantitative estimate of drug-likeness (QED) is 0.0334. The van der Waals surface area contributed by atoms with Crippen molar-refractivity contribution in [3.63, 3.8) is 0 Å². The van der Waals surface area contributed by atoms with E-state index in [2.05, 4.69) is 42.5 Å². The van der Waals surface area contributed by atoms with E-state index in [0.29, 0.717) is 13.1 Å². The minimum atomic E-state index is -1.64. The van der Waals surface area contributed by atoms with Gasteiger partial charge in [-0.25, -0.2) is 0 Å². The average Bonchev–Trinajstić information content (AvgIpc) is 3.32. The van der Waals surface area contributed by atoms with Gasteiger partial charge in [-0.1, -0.05) is 25.7 Å². The maximum Gasteiger partial charge on any atom is 0.217 e. The Kier molecular flexibility index (Phi) is 25.2. The van der Waals surface area contributed by atoms with Crippen LogP contribution in [0.25, 0.3) is 0 Å². The Morgan fingerprint density at radius 2 is 0.722 bits per heavy atom. The number of unbranched alkanes of at least 4 members (excludes halogenated alkanes) is 5. The highest BCUT2D eigenvalue weighted by molar-refractivity contribution is 7.80. The van der Waals surface area contributed by atoms with Gasteiger partial charge in [-0.15, -0.1) is 0 Å². The molecule has 0 aliphatic carbocycles. The number of amides is 4. The third kappa shape index (κ3) is 17.1. The number of hydrogen-bond donors (Lipinski definition) is 18. The molecule has 20 atom stereocenters. The highest BCUT2D eigenvalue weighted by Gasteiger charge is 2.54. The molecule has 72 heavy (non-hydrogen) atoms. The van der Waals surface area contributed by atoms with Gasteiger partial charge in [-0.2, -0.15) is 0 Å². The number of hydrogen-bond acceptors (Lipinski definition) is 22. The number of carbonyl (C=O) groups is 4. The molecule has 4 aliphatic heterocycles. The van der Waals surface area contributed by atoms with E-state index in [1.807, 2.05) is 0 Å². The highest BCUT2D eigenvalue weighted by Crippen LogP contribution is 2.31. The third-order valence-corrected chi connectivity index (χ3v) is 12.9. The summed E-state index contributed by atoms with van der Waals surface area (Å²) in [6.45, 7) is 2.83. The first-order chi connectivity index (χ1) is 34.1. The Morgan fingerprint density at radius 3 is 1.03 bits per heavy atom. The summed E-state index contributed by atoms with van der Waals surface area (Å²) in [4.78, 5) is 48.3. The normalized spacial score (nSPS) is 36.8. The topological polar surface area (TPSA) is 422 Å². The van der Waals surface area contributed by atoms with Gasteiger partial charge < -0.3 is 122 Å². The number of rotatable bonds is 23. The van der Waals surface area contributed by atoms with E-state index in [1.54, 1.807) is 0 Å². The van der Waals surface area contributed by atoms with Gasteiger partial charge in [0.05, 0.1) is 26.4 Å². The van der Waals surface area contributed by atoms with E-state index in [9.17, 15) is 70.2 Å². The van der Waals surface area contributed by atoms with E-state index in [1.165, 1.54) is 13.8 Å². The van der Waals surface area contributed by atoms with Crippen LogP contribution in [0.3, 0.4) is 0 Å². The van der Waals surface area contributed by atoms with Crippen LogP contribution in [-0.2, 0) is 47.6 Å². The molecule has 0 unspecified atom stereocenters. The van der Waals surface area contributed by atoms with Gasteiger partial charge in [0.15, 0.2) is 35.3 Å². The molecule has 0 bridgehead atoms. The number of aliphatic hydroxyl groups excluding tert-OH is 10. The zero-order valence-corrected chi connectivity index (χ0v) is 42.0. The van der Waals surface area contributed by atoms with Crippen LogP contribution in [-0.4, -0.2) is 247 Å². The van der Waals surface area contributed by atoms with Crippen molar-refractivity contribution in [1.82, 2.24) is 42.5 Å². The van der Waals surface area contributed by atoms with Crippen molar-refractivity contribution in [1.29, 1.82) is 0 Å². The molecule has 4 aliphatic rings. The Morgan fingerprint density at radius 1 is 0.417 bits per heavy atom. The number of aliphatic hydroxyl groups is 10. The summed E-state index contributed by atoms with van der Waals surface area (Å²) in [6, 6.07) is -5.10. The first-order valence-corrected chi connectivity index (χ1v) is 24.6. The first-order valence-electron chi connectivity index (χ1n) is 23.8. The van der Waals surface area contributed by atoms with Crippen molar-refractivity contribution in [3.05, 3.63) is 0 Å². The fourth-order valence-electron chi connectivity index (χ4n) is 8.78. The second-order valence-corrected chi connectivity index (χ2v) is 18.8. The minimum absolute atomic E-state index is 0.125. The zero-order chi connectivity index (χ0) is 53.4. The van der Waals surface area contributed by atoms with Gasteiger partial charge in [0.25, 0.3) is 0 Å². The Bertz CT molecular complexity index is 1650. The van der Waals surface area contributed by atoms with Crippen LogP contribution in [0.2, 0.25) is 0 Å². The van der Waals surface area contributed by atoms with Crippen LogP contribution in [0.15, 0.2) is 0 Å². The van der Waals surface area contributed by atoms with Crippen LogP contribution < -0.4 is 42.5 Å². The van der Waals surface area contributed by atoms with Crippen molar-refractivity contribution in [3.8, 4) is 0 Å². The predicted molar refractivity (Wildman–Crippen MR) is 254 cm³/mol. The Labute approximate surface area is 426 Å². The van der Waals surface area contributed by atoms with Crippen molar-refractivity contribution in [2.45, 2.75) is 189 Å². The second-order valence-electron chi connectivity index (χ2n) is 18.0. The maximum absolute atomic E-state index is 12.2. The molecule has 0 aromatic carbocycles. The second kappa shape index (κ2) is 29.6. The van der Waals surface area contributed by atoms with E-state index in [-0.39, 0.29) is 10.2 Å². The summed E-state index contributed by atoms with van der Waals surface area (Å²) in [7, 11) is 0. The molecule has 0 aromatic rings. The molecule has 414 valence electrons. The molecule has 0 radical (unpaired) electrons. The van der Waals surface area contributed by atoms with Crippen LogP contribution in [0, 0.1) is 0 Å². The Balaban J connectivity index is 1.19. The number of carbonyl (C=O) groups excluding carboxylic acids is 4. The molecular weight excluding hydrogens is 1000 g/mol. The van der Waals surface area contributed by atoms with Gasteiger partial charge in [-0.3, -0.25) is 19.2 Å². The van der Waals surface area contributed by atoms with Crippen LogP contribution in [0.1, 0.15) is 66.2 Å². The molecule has 0 spiro atoms. The standard InChI is InChI=1S/C42H74N8O20S2/c1-17(55)45-25-33(63)35(69-39-27(47-19(3)57)31(61)29(59)21(13-51)67-39)23(15-53)65-37(25)49-41(71)43-11-9-7-5-6-8-10-12-44-42(72)50-38-26(46-18(2)56)34(64)36(24(16-54)66-38)70-40-28(48-20(4)58)32(62)30(60)22(14-52)68-40/h21-40,51-54,59-64H,5-16H2,1-4H3,(H,45,55)(H,46,56)(H,47,57)(H,48,58)(H2,43,49,71)(H2,44,50,72)/t21-,22-,23-,24-,25-,26-,27-,28-,29+,30+,31-,32-,33-,34-,35-,36-,37-,38-,39+,40+/m1/s1. The molecule has 0 aromatic heterocycles. The van der Waals surface area contributed by atoms with Gasteiger partial charge in [0, 0.05) is 40.8 Å². The number of nitrogens with one attached hydrogen (secondary N) is 8. The fraction of sp³-hybridized carbons (Fsp3) is 0.857. The molecule has 28 nitrogen and oxygen atoms in total.